The zero-order chi connectivity index (χ0) is 23.3. The molecule has 1 aromatic heterocycles. The number of hydrogen-bond donors (Lipinski definition) is 0. The quantitative estimate of drug-likeness (QED) is 0.422. The third kappa shape index (κ3) is 5.47. The Hall–Kier alpha value is -3.33. The number of hydrogen-bond acceptors (Lipinski definition) is 8. The van der Waals surface area contributed by atoms with Crippen molar-refractivity contribution in [2.45, 2.75) is 33.3 Å². The highest BCUT2D eigenvalue weighted by atomic mass is 32.2. The summed E-state index contributed by atoms with van der Waals surface area (Å²) in [5, 5.41) is -0.538. The molecule has 0 radical (unpaired) electrons. The number of thioether (sulfide) groups is 1. The third-order valence-electron chi connectivity index (χ3n) is 4.65. The van der Waals surface area contributed by atoms with E-state index in [9.17, 15) is 19.2 Å². The van der Waals surface area contributed by atoms with Crippen LogP contribution in [-0.4, -0.2) is 47.2 Å². The van der Waals surface area contributed by atoms with Crippen molar-refractivity contribution >= 4 is 40.9 Å². The number of rotatable bonds is 8. The van der Waals surface area contributed by atoms with Crippen molar-refractivity contribution in [2.24, 2.45) is 0 Å². The molecule has 1 saturated heterocycles. The lowest BCUT2D eigenvalue weighted by Crippen LogP contribution is -2.35. The standard InChI is InChI=1S/C23H23NO7S/c1-4-14(3)30-20(25)13-24-21(26)19(32-23(24)28)12-17-10-11-18(31-17)15-6-8-16(9-7-15)22(27)29-5-2/h6-12,14H,4-5,13H2,1-3H3/b19-12+/t14-/m1/s1. The van der Waals surface area contributed by atoms with Gasteiger partial charge in [0.25, 0.3) is 11.1 Å². The van der Waals surface area contributed by atoms with Gasteiger partial charge in [0.2, 0.25) is 0 Å². The highest BCUT2D eigenvalue weighted by Gasteiger charge is 2.37. The highest BCUT2D eigenvalue weighted by Crippen LogP contribution is 2.33. The van der Waals surface area contributed by atoms with E-state index in [4.69, 9.17) is 13.9 Å². The second-order valence-electron chi connectivity index (χ2n) is 6.98. The van der Waals surface area contributed by atoms with Gasteiger partial charge in [-0.3, -0.25) is 19.3 Å². The van der Waals surface area contributed by atoms with Crippen LogP contribution in [-0.2, 0) is 19.1 Å². The van der Waals surface area contributed by atoms with Crippen molar-refractivity contribution in [3.8, 4) is 11.3 Å². The topological polar surface area (TPSA) is 103 Å². The Kier molecular flexibility index (Phi) is 7.53. The van der Waals surface area contributed by atoms with Gasteiger partial charge in [0.05, 0.1) is 23.2 Å². The van der Waals surface area contributed by atoms with Crippen LogP contribution < -0.4 is 0 Å². The van der Waals surface area contributed by atoms with Crippen LogP contribution in [0.25, 0.3) is 17.4 Å². The fourth-order valence-electron chi connectivity index (χ4n) is 2.81. The number of carbonyl (C=O) groups is 4. The molecule has 9 heteroatoms. The average Bonchev–Trinajstić information content (AvgIpc) is 3.34. The summed E-state index contributed by atoms with van der Waals surface area (Å²) in [7, 11) is 0. The molecule has 1 aliphatic heterocycles. The number of amides is 2. The third-order valence-corrected chi connectivity index (χ3v) is 5.56. The molecule has 32 heavy (non-hydrogen) atoms. The van der Waals surface area contributed by atoms with Gasteiger partial charge in [-0.2, -0.15) is 0 Å². The molecule has 0 unspecified atom stereocenters. The van der Waals surface area contributed by atoms with E-state index in [1.165, 1.54) is 6.08 Å². The van der Waals surface area contributed by atoms with Crippen molar-refractivity contribution < 1.29 is 33.1 Å². The lowest BCUT2D eigenvalue weighted by atomic mass is 10.1. The fraction of sp³-hybridized carbons (Fsp3) is 0.304. The summed E-state index contributed by atoms with van der Waals surface area (Å²) >= 11 is 0.737. The van der Waals surface area contributed by atoms with Crippen LogP contribution in [0.5, 0.6) is 0 Å². The minimum Gasteiger partial charge on any atom is -0.462 e. The molecular formula is C23H23NO7S. The van der Waals surface area contributed by atoms with Crippen molar-refractivity contribution in [2.75, 3.05) is 13.2 Å². The normalized spacial score (nSPS) is 15.8. The van der Waals surface area contributed by atoms with Crippen LogP contribution >= 0.6 is 11.8 Å². The van der Waals surface area contributed by atoms with E-state index in [-0.39, 0.29) is 11.0 Å². The van der Waals surface area contributed by atoms with Gasteiger partial charge < -0.3 is 13.9 Å². The molecule has 0 N–H and O–H groups in total. The zero-order valence-electron chi connectivity index (χ0n) is 18.0. The van der Waals surface area contributed by atoms with Gasteiger partial charge in [0.1, 0.15) is 18.1 Å². The molecule has 2 aromatic rings. The maximum atomic E-state index is 12.6. The van der Waals surface area contributed by atoms with Crippen LogP contribution in [0, 0.1) is 0 Å². The number of furan rings is 1. The van der Waals surface area contributed by atoms with Gasteiger partial charge in [0, 0.05) is 11.6 Å². The summed E-state index contributed by atoms with van der Waals surface area (Å²) in [5.74, 6) is -0.694. The number of esters is 2. The van der Waals surface area contributed by atoms with Crippen LogP contribution in [0.15, 0.2) is 45.7 Å². The number of ether oxygens (including phenoxy) is 2. The van der Waals surface area contributed by atoms with Gasteiger partial charge >= 0.3 is 11.9 Å². The van der Waals surface area contributed by atoms with Crippen LogP contribution in [0.2, 0.25) is 0 Å². The summed E-state index contributed by atoms with van der Waals surface area (Å²) in [6.45, 7) is 5.22. The van der Waals surface area contributed by atoms with Crippen molar-refractivity contribution in [1.29, 1.82) is 0 Å². The number of nitrogens with zero attached hydrogens (tertiary/aromatic N) is 1. The van der Waals surface area contributed by atoms with E-state index in [2.05, 4.69) is 0 Å². The molecule has 8 nitrogen and oxygen atoms in total. The predicted octanol–water partition coefficient (Wildman–Crippen LogP) is 4.50. The maximum Gasteiger partial charge on any atom is 0.338 e. The molecule has 1 aromatic carbocycles. The second-order valence-corrected chi connectivity index (χ2v) is 7.97. The minimum atomic E-state index is -0.630. The van der Waals surface area contributed by atoms with E-state index < -0.39 is 29.6 Å². The van der Waals surface area contributed by atoms with Crippen molar-refractivity contribution in [1.82, 2.24) is 4.90 Å². The summed E-state index contributed by atoms with van der Waals surface area (Å²) in [5.41, 5.74) is 1.17. The van der Waals surface area contributed by atoms with Gasteiger partial charge in [-0.1, -0.05) is 19.1 Å². The predicted molar refractivity (Wildman–Crippen MR) is 119 cm³/mol. The molecule has 3 rings (SSSR count). The number of carbonyl (C=O) groups excluding carboxylic acids is 4. The van der Waals surface area contributed by atoms with E-state index >= 15 is 0 Å². The van der Waals surface area contributed by atoms with E-state index in [1.54, 1.807) is 50.2 Å². The molecule has 168 valence electrons. The first-order valence-electron chi connectivity index (χ1n) is 10.1. The first-order valence-corrected chi connectivity index (χ1v) is 11.0. The van der Waals surface area contributed by atoms with Gasteiger partial charge in [-0.15, -0.1) is 0 Å². The summed E-state index contributed by atoms with van der Waals surface area (Å²) < 4.78 is 15.9. The average molecular weight is 458 g/mol. The Morgan fingerprint density at radius 1 is 1.12 bits per heavy atom. The van der Waals surface area contributed by atoms with Crippen molar-refractivity contribution in [3.63, 3.8) is 0 Å². The Morgan fingerprint density at radius 3 is 2.50 bits per heavy atom. The van der Waals surface area contributed by atoms with Crippen LogP contribution in [0.3, 0.4) is 0 Å². The maximum absolute atomic E-state index is 12.6. The molecule has 0 bridgehead atoms. The molecule has 1 fully saturated rings. The summed E-state index contributed by atoms with van der Waals surface area (Å²) in [6, 6.07) is 10.1. The molecule has 0 saturated carbocycles. The lowest BCUT2D eigenvalue weighted by molar-refractivity contribution is -0.150. The molecule has 0 spiro atoms. The minimum absolute atomic E-state index is 0.157. The second kappa shape index (κ2) is 10.3. The van der Waals surface area contributed by atoms with E-state index in [0.717, 1.165) is 22.2 Å². The fourth-order valence-corrected chi connectivity index (χ4v) is 3.63. The van der Waals surface area contributed by atoms with E-state index in [0.29, 0.717) is 30.1 Å². The summed E-state index contributed by atoms with van der Waals surface area (Å²) in [4.78, 5) is 49.5. The Bertz CT molecular complexity index is 1050. The molecule has 2 amide bonds. The van der Waals surface area contributed by atoms with Gasteiger partial charge in [0.15, 0.2) is 0 Å². The van der Waals surface area contributed by atoms with Crippen molar-refractivity contribution in [3.05, 3.63) is 52.6 Å². The smallest absolute Gasteiger partial charge is 0.338 e. The Labute approximate surface area is 189 Å². The SMILES string of the molecule is CCOC(=O)c1ccc(-c2ccc(/C=C3/SC(=O)N(CC(=O)O[C@H](C)CC)C3=O)o2)cc1. The Balaban J connectivity index is 1.69. The number of imide groups is 1. The molecule has 1 atom stereocenters. The van der Waals surface area contributed by atoms with E-state index in [1.807, 2.05) is 6.92 Å². The largest absolute Gasteiger partial charge is 0.462 e. The number of benzene rings is 1. The first kappa shape index (κ1) is 23.3. The summed E-state index contributed by atoms with van der Waals surface area (Å²) in [6.07, 6.45) is 1.81. The molecule has 0 aliphatic carbocycles. The first-order chi connectivity index (χ1) is 15.3. The zero-order valence-corrected chi connectivity index (χ0v) is 18.8. The van der Waals surface area contributed by atoms with Gasteiger partial charge in [-0.25, -0.2) is 4.79 Å². The van der Waals surface area contributed by atoms with Gasteiger partial charge in [-0.05, 0) is 56.3 Å². The van der Waals surface area contributed by atoms with Crippen LogP contribution in [0.1, 0.15) is 43.3 Å². The molecule has 1 aliphatic rings. The monoisotopic (exact) mass is 457 g/mol. The highest BCUT2D eigenvalue weighted by molar-refractivity contribution is 8.18. The van der Waals surface area contributed by atoms with Crippen LogP contribution in [0.4, 0.5) is 4.79 Å². The Morgan fingerprint density at radius 2 is 1.84 bits per heavy atom. The molecular weight excluding hydrogens is 434 g/mol. The lowest BCUT2D eigenvalue weighted by Gasteiger charge is -2.14. The molecule has 2 heterocycles.